The van der Waals surface area contributed by atoms with Crippen LogP contribution in [0.5, 0.6) is 5.75 Å². The number of nitrogens with two attached hydrogens (primary N) is 1. The van der Waals surface area contributed by atoms with E-state index in [1.165, 1.54) is 0 Å². The van der Waals surface area contributed by atoms with E-state index in [0.29, 0.717) is 17.3 Å². The molecule has 138 valence electrons. The smallest absolute Gasteiger partial charge is 0.304 e. The summed E-state index contributed by atoms with van der Waals surface area (Å²) in [6.07, 6.45) is 4.27. The fourth-order valence-corrected chi connectivity index (χ4v) is 4.69. The van der Waals surface area contributed by atoms with Crippen LogP contribution >= 0.6 is 0 Å². The third-order valence-electron chi connectivity index (χ3n) is 6.13. The zero-order valence-corrected chi connectivity index (χ0v) is 15.9. The second kappa shape index (κ2) is 4.84. The fraction of sp³-hybridized carbons (Fsp3) is 0.286. The molecule has 0 unspecified atom stereocenters. The number of nitrogen functional groups attached to an aromatic ring is 1. The van der Waals surface area contributed by atoms with E-state index in [2.05, 4.69) is 21.4 Å². The number of benzene rings is 1. The average molecular weight is 371 g/mol. The molecule has 0 spiro atoms. The van der Waals surface area contributed by atoms with Crippen molar-refractivity contribution in [3.63, 3.8) is 0 Å². The van der Waals surface area contributed by atoms with Gasteiger partial charge in [-0.3, -0.25) is 4.40 Å². The summed E-state index contributed by atoms with van der Waals surface area (Å²) in [4.78, 5) is 5.01. The molecule has 5 aromatic rings. The molecule has 1 aromatic carbocycles. The molecule has 0 atom stereocenters. The predicted octanol–water partition coefficient (Wildman–Crippen LogP) is 2.80. The van der Waals surface area contributed by atoms with Gasteiger partial charge in [0.15, 0.2) is 6.33 Å². The molecule has 0 radical (unpaired) electrons. The lowest BCUT2D eigenvalue weighted by atomic mass is 10.1. The first-order valence-corrected chi connectivity index (χ1v) is 9.39. The highest BCUT2D eigenvalue weighted by atomic mass is 16.5. The van der Waals surface area contributed by atoms with Crippen LogP contribution in [0, 0.1) is 18.3 Å². The molecule has 1 saturated carbocycles. The van der Waals surface area contributed by atoms with Gasteiger partial charge < -0.3 is 10.5 Å². The third kappa shape index (κ3) is 1.60. The molecule has 7 heteroatoms. The van der Waals surface area contributed by atoms with Crippen molar-refractivity contribution in [2.45, 2.75) is 25.7 Å². The lowest BCUT2D eigenvalue weighted by Crippen LogP contribution is -2.26. The van der Waals surface area contributed by atoms with Gasteiger partial charge in [-0.25, -0.2) is 8.97 Å². The second-order valence-electron chi connectivity index (χ2n) is 7.73. The number of fused-ring (bicyclic) bond motifs is 3. The lowest BCUT2D eigenvalue weighted by Gasteiger charge is -2.12. The van der Waals surface area contributed by atoms with E-state index in [1.54, 1.807) is 7.11 Å². The topological polar surface area (TPSA) is 84.6 Å². The van der Waals surface area contributed by atoms with E-state index in [4.69, 9.17) is 15.5 Å². The first-order valence-electron chi connectivity index (χ1n) is 9.39. The van der Waals surface area contributed by atoms with Gasteiger partial charge in [0.05, 0.1) is 25.1 Å². The largest absolute Gasteiger partial charge is 0.496 e. The van der Waals surface area contributed by atoms with Crippen molar-refractivity contribution in [1.82, 2.24) is 13.8 Å². The minimum absolute atomic E-state index is 0.405. The monoisotopic (exact) mass is 371 g/mol. The maximum atomic E-state index is 9.96. The van der Waals surface area contributed by atoms with Crippen molar-refractivity contribution >= 4 is 38.9 Å². The highest BCUT2D eigenvalue weighted by Crippen LogP contribution is 2.47. The number of aryl methyl sites for hydroxylation is 2. The number of methoxy groups -OCH3 is 1. The minimum Gasteiger partial charge on any atom is -0.496 e. The van der Waals surface area contributed by atoms with Crippen LogP contribution in [0.25, 0.3) is 33.1 Å². The molecule has 1 aliphatic carbocycles. The van der Waals surface area contributed by atoms with Crippen LogP contribution in [-0.2, 0) is 7.05 Å². The predicted molar refractivity (Wildman–Crippen MR) is 106 cm³/mol. The highest BCUT2D eigenvalue weighted by molar-refractivity contribution is 6.11. The molecule has 0 saturated heterocycles. The van der Waals surface area contributed by atoms with Gasteiger partial charge in [0.25, 0.3) is 0 Å². The second-order valence-corrected chi connectivity index (χ2v) is 7.73. The number of hydrogen-bond acceptors (Lipinski definition) is 4. The lowest BCUT2D eigenvalue weighted by molar-refractivity contribution is -0.647. The van der Waals surface area contributed by atoms with Gasteiger partial charge >= 0.3 is 5.65 Å². The molecule has 6 rings (SSSR count). The summed E-state index contributed by atoms with van der Waals surface area (Å²) in [5, 5.41) is 10.9. The fourth-order valence-electron chi connectivity index (χ4n) is 4.69. The van der Waals surface area contributed by atoms with Crippen molar-refractivity contribution in [1.29, 1.82) is 5.26 Å². The Kier molecular flexibility index (Phi) is 2.68. The number of nitriles is 1. The number of ether oxygens (including phenoxy) is 1. The quantitative estimate of drug-likeness (QED) is 0.382. The number of nitrogens with zero attached hydrogens (tertiary/aromatic N) is 5. The minimum atomic E-state index is 0.405. The number of imidazole rings is 1. The first-order chi connectivity index (χ1) is 13.6. The van der Waals surface area contributed by atoms with Crippen molar-refractivity contribution in [2.75, 3.05) is 12.8 Å². The maximum absolute atomic E-state index is 9.96. The summed E-state index contributed by atoms with van der Waals surface area (Å²) in [6, 6.07) is 6.37. The first kappa shape index (κ1) is 15.5. The molecule has 0 amide bonds. The summed E-state index contributed by atoms with van der Waals surface area (Å²) in [5.41, 5.74) is 14.0. The third-order valence-corrected chi connectivity index (χ3v) is 6.13. The Balaban J connectivity index is 2.03. The van der Waals surface area contributed by atoms with Crippen LogP contribution in [0.2, 0.25) is 0 Å². The van der Waals surface area contributed by atoms with Gasteiger partial charge in [-0.1, -0.05) is 0 Å². The Morgan fingerprint density at radius 3 is 2.75 bits per heavy atom. The zero-order chi connectivity index (χ0) is 19.3. The molecule has 1 aliphatic rings. The Labute approximate surface area is 160 Å². The maximum Gasteiger partial charge on any atom is 0.304 e. The standard InChI is InChI=1S/C21H19N6O/c1-10-14(28-3)7-6-13-17(10)27-18-15(12(8-22)20(27)23)16(11-4-5-11)24-21-19(18)26(13)9-25(21)2/h6-7,9,11H,4-5,23H2,1-3H3/q+1. The van der Waals surface area contributed by atoms with Crippen molar-refractivity contribution < 1.29 is 9.30 Å². The summed E-state index contributed by atoms with van der Waals surface area (Å²) >= 11 is 0. The summed E-state index contributed by atoms with van der Waals surface area (Å²) in [7, 11) is 3.68. The Morgan fingerprint density at radius 2 is 2.07 bits per heavy atom. The van der Waals surface area contributed by atoms with E-state index in [-0.39, 0.29) is 0 Å². The molecule has 4 heterocycles. The molecule has 28 heavy (non-hydrogen) atoms. The van der Waals surface area contributed by atoms with Gasteiger partial charge in [0, 0.05) is 11.5 Å². The zero-order valence-electron chi connectivity index (χ0n) is 15.9. The Bertz CT molecular complexity index is 1500. The van der Waals surface area contributed by atoms with Crippen molar-refractivity contribution in [2.24, 2.45) is 7.05 Å². The van der Waals surface area contributed by atoms with E-state index in [1.807, 2.05) is 30.5 Å². The van der Waals surface area contributed by atoms with E-state index >= 15 is 0 Å². The summed E-state index contributed by atoms with van der Waals surface area (Å²) in [5.74, 6) is 1.68. The molecule has 1 fully saturated rings. The van der Waals surface area contributed by atoms with Crippen LogP contribution in [0.1, 0.15) is 35.6 Å². The molecule has 4 aromatic heterocycles. The Hall–Kier alpha value is -3.53. The van der Waals surface area contributed by atoms with Gasteiger partial charge in [0.1, 0.15) is 39.9 Å². The number of rotatable bonds is 2. The van der Waals surface area contributed by atoms with Crippen LogP contribution in [0.15, 0.2) is 18.5 Å². The van der Waals surface area contributed by atoms with E-state index in [0.717, 1.165) is 62.9 Å². The van der Waals surface area contributed by atoms with Gasteiger partial charge in [-0.05, 0) is 31.9 Å². The number of aromatic nitrogens is 4. The Morgan fingerprint density at radius 1 is 1.29 bits per heavy atom. The molecular formula is C21H19N6O+. The van der Waals surface area contributed by atoms with E-state index < -0.39 is 0 Å². The molecular weight excluding hydrogens is 352 g/mol. The number of pyridine rings is 1. The number of anilines is 1. The summed E-state index contributed by atoms with van der Waals surface area (Å²) < 4.78 is 11.8. The summed E-state index contributed by atoms with van der Waals surface area (Å²) in [6.45, 7) is 2.03. The van der Waals surface area contributed by atoms with Crippen molar-refractivity contribution in [3.05, 3.63) is 35.3 Å². The normalized spacial score (nSPS) is 14.6. The SMILES string of the molecule is COc1ccc2c(c1C)n1c(N)c(C#N)c3c(C4CC4)nc4c(c31)n2c[n+]4C. The van der Waals surface area contributed by atoms with Crippen LogP contribution in [0.4, 0.5) is 5.82 Å². The van der Waals surface area contributed by atoms with Gasteiger partial charge in [-0.15, -0.1) is 4.98 Å². The highest BCUT2D eigenvalue weighted by Gasteiger charge is 2.37. The van der Waals surface area contributed by atoms with Crippen molar-refractivity contribution in [3.8, 4) is 11.8 Å². The van der Waals surface area contributed by atoms with Crippen LogP contribution < -0.4 is 15.0 Å². The number of hydrogen-bond donors (Lipinski definition) is 1. The molecule has 7 nitrogen and oxygen atoms in total. The molecule has 2 N–H and O–H groups in total. The molecule has 0 bridgehead atoms. The average Bonchev–Trinajstić information content (AvgIpc) is 3.42. The molecule has 0 aliphatic heterocycles. The van der Waals surface area contributed by atoms with Gasteiger partial charge in [-0.2, -0.15) is 5.26 Å². The van der Waals surface area contributed by atoms with Gasteiger partial charge in [0.2, 0.25) is 5.52 Å². The van der Waals surface area contributed by atoms with Crippen LogP contribution in [-0.4, -0.2) is 20.9 Å². The van der Waals surface area contributed by atoms with Crippen LogP contribution in [0.3, 0.4) is 0 Å². The van der Waals surface area contributed by atoms with E-state index in [9.17, 15) is 5.26 Å².